The van der Waals surface area contributed by atoms with Gasteiger partial charge in [0.25, 0.3) is 5.91 Å². The largest absolute Gasteiger partial charge is 0.345 e. The number of rotatable bonds is 6. The average Bonchev–Trinajstić information content (AvgIpc) is 2.69. The highest BCUT2D eigenvalue weighted by molar-refractivity contribution is 7.90. The highest BCUT2D eigenvalue weighted by Crippen LogP contribution is 2.22. The molecular weight excluding hydrogens is 394 g/mol. The normalized spacial score (nSPS) is 12.4. The minimum atomic E-state index is -3.42. The van der Waals surface area contributed by atoms with E-state index in [0.29, 0.717) is 16.1 Å². The molecule has 1 atom stereocenters. The van der Waals surface area contributed by atoms with Gasteiger partial charge in [0.2, 0.25) is 0 Å². The van der Waals surface area contributed by atoms with E-state index in [1.165, 1.54) is 0 Å². The molecule has 0 saturated heterocycles. The minimum Gasteiger partial charge on any atom is -0.345 e. The van der Waals surface area contributed by atoms with Gasteiger partial charge in [0.15, 0.2) is 9.84 Å². The molecule has 3 rings (SSSR count). The fraction of sp³-hybridized carbons (Fsp3) is 0.136. The Hall–Kier alpha value is -2.63. The van der Waals surface area contributed by atoms with Gasteiger partial charge < -0.3 is 5.32 Å². The van der Waals surface area contributed by atoms with Gasteiger partial charge in [-0.1, -0.05) is 60.1 Å². The average molecular weight is 414 g/mol. The lowest BCUT2D eigenvalue weighted by Crippen LogP contribution is -2.26. The first-order valence-electron chi connectivity index (χ1n) is 8.79. The number of hydrogen-bond acceptors (Lipinski definition) is 3. The van der Waals surface area contributed by atoms with Gasteiger partial charge in [0, 0.05) is 10.6 Å². The third-order valence-corrected chi connectivity index (χ3v) is 6.44. The van der Waals surface area contributed by atoms with E-state index in [4.69, 9.17) is 11.6 Å². The fourth-order valence-electron chi connectivity index (χ4n) is 2.87. The van der Waals surface area contributed by atoms with Gasteiger partial charge in [-0.3, -0.25) is 4.79 Å². The highest BCUT2D eigenvalue weighted by atomic mass is 35.5. The molecule has 1 amide bonds. The topological polar surface area (TPSA) is 63.2 Å². The molecule has 0 aliphatic rings. The third kappa shape index (κ3) is 4.80. The first-order chi connectivity index (χ1) is 13.4. The van der Waals surface area contributed by atoms with Crippen LogP contribution in [0.4, 0.5) is 0 Å². The van der Waals surface area contributed by atoms with Gasteiger partial charge in [-0.15, -0.1) is 0 Å². The van der Waals surface area contributed by atoms with E-state index < -0.39 is 9.84 Å². The summed E-state index contributed by atoms with van der Waals surface area (Å²) in [6.45, 7) is 1.86. The van der Waals surface area contributed by atoms with Gasteiger partial charge >= 0.3 is 0 Å². The van der Waals surface area contributed by atoms with Gasteiger partial charge in [0.1, 0.15) is 0 Å². The van der Waals surface area contributed by atoms with Crippen LogP contribution in [0, 0.1) is 0 Å². The minimum absolute atomic E-state index is 0.116. The first kappa shape index (κ1) is 20.1. The third-order valence-electron chi connectivity index (χ3n) is 4.39. The molecule has 3 aromatic rings. The Morgan fingerprint density at radius 3 is 2.18 bits per heavy atom. The van der Waals surface area contributed by atoms with Crippen LogP contribution in [0.2, 0.25) is 5.02 Å². The van der Waals surface area contributed by atoms with Gasteiger partial charge in [0.05, 0.1) is 16.7 Å². The molecule has 0 aliphatic carbocycles. The first-order valence-corrected chi connectivity index (χ1v) is 10.8. The molecule has 28 heavy (non-hydrogen) atoms. The Morgan fingerprint density at radius 1 is 0.929 bits per heavy atom. The zero-order valence-corrected chi connectivity index (χ0v) is 16.9. The number of benzene rings is 3. The number of carbonyl (C=O) groups is 1. The Balaban J connectivity index is 1.69. The van der Waals surface area contributed by atoms with E-state index in [2.05, 4.69) is 5.32 Å². The summed E-state index contributed by atoms with van der Waals surface area (Å²) in [4.78, 5) is 12.8. The Morgan fingerprint density at radius 2 is 1.54 bits per heavy atom. The summed E-state index contributed by atoms with van der Waals surface area (Å²) in [5.41, 5.74) is 1.92. The van der Waals surface area contributed by atoms with E-state index >= 15 is 0 Å². The molecule has 0 heterocycles. The fourth-order valence-corrected chi connectivity index (χ4v) is 4.54. The molecule has 0 saturated carbocycles. The quantitative estimate of drug-likeness (QED) is 0.631. The molecule has 144 valence electrons. The summed E-state index contributed by atoms with van der Waals surface area (Å²) < 4.78 is 24.9. The van der Waals surface area contributed by atoms with E-state index in [0.717, 1.165) is 5.56 Å². The Kier molecular flexibility index (Phi) is 6.17. The van der Waals surface area contributed by atoms with Gasteiger partial charge in [-0.2, -0.15) is 0 Å². The second-order valence-electron chi connectivity index (χ2n) is 6.49. The van der Waals surface area contributed by atoms with Crippen molar-refractivity contribution in [3.63, 3.8) is 0 Å². The van der Waals surface area contributed by atoms with Crippen LogP contribution in [-0.2, 0) is 15.6 Å². The molecule has 3 aromatic carbocycles. The molecule has 0 aromatic heterocycles. The molecule has 1 unspecified atom stereocenters. The summed E-state index contributed by atoms with van der Waals surface area (Å²) in [7, 11) is -3.42. The maximum absolute atomic E-state index is 12.5. The molecule has 0 radical (unpaired) electrons. The van der Waals surface area contributed by atoms with Crippen molar-refractivity contribution in [1.82, 2.24) is 5.32 Å². The van der Waals surface area contributed by atoms with Crippen LogP contribution < -0.4 is 5.32 Å². The number of hydrogen-bond donors (Lipinski definition) is 1. The van der Waals surface area contributed by atoms with E-state index in [9.17, 15) is 13.2 Å². The number of nitrogens with one attached hydrogen (secondary N) is 1. The summed E-state index contributed by atoms with van der Waals surface area (Å²) in [6, 6.07) is 22.0. The molecule has 1 N–H and O–H groups in total. The van der Waals surface area contributed by atoms with Crippen LogP contribution in [-0.4, -0.2) is 14.3 Å². The molecule has 0 spiro atoms. The van der Waals surface area contributed by atoms with Crippen LogP contribution in [0.15, 0.2) is 83.8 Å². The van der Waals surface area contributed by atoms with Crippen LogP contribution in [0.5, 0.6) is 0 Å². The lowest BCUT2D eigenvalue weighted by molar-refractivity contribution is 0.0940. The summed E-state index contributed by atoms with van der Waals surface area (Å²) in [5.74, 6) is -0.362. The molecule has 0 fully saturated rings. The number of carbonyl (C=O) groups excluding carboxylic acids is 1. The second-order valence-corrected chi connectivity index (χ2v) is 8.88. The molecule has 0 bridgehead atoms. The van der Waals surface area contributed by atoms with E-state index in [1.54, 1.807) is 60.7 Å². The van der Waals surface area contributed by atoms with Crippen LogP contribution in [0.3, 0.4) is 0 Å². The van der Waals surface area contributed by atoms with Crippen LogP contribution in [0.1, 0.15) is 34.5 Å². The lowest BCUT2D eigenvalue weighted by atomic mass is 10.1. The van der Waals surface area contributed by atoms with Crippen molar-refractivity contribution in [3.8, 4) is 0 Å². The van der Waals surface area contributed by atoms with Crippen LogP contribution in [0.25, 0.3) is 0 Å². The van der Waals surface area contributed by atoms with Crippen LogP contribution >= 0.6 is 11.6 Å². The lowest BCUT2D eigenvalue weighted by Gasteiger charge is -2.16. The maximum Gasteiger partial charge on any atom is 0.251 e. The standard InChI is InChI=1S/C22H20ClNO3S/c1-16(20-9-5-6-10-21(20)23)24-22(25)18-13-11-17(12-14-18)15-28(26,27)19-7-3-2-4-8-19/h2-14,16H,15H2,1H3,(H,24,25). The molecular formula is C22H20ClNO3S. The summed E-state index contributed by atoms with van der Waals surface area (Å²) in [6.07, 6.45) is 0. The zero-order valence-electron chi connectivity index (χ0n) is 15.3. The van der Waals surface area contributed by atoms with E-state index in [1.807, 2.05) is 25.1 Å². The second kappa shape index (κ2) is 8.59. The van der Waals surface area contributed by atoms with Crippen molar-refractivity contribution in [1.29, 1.82) is 0 Å². The van der Waals surface area contributed by atoms with Crippen molar-refractivity contribution in [2.24, 2.45) is 0 Å². The Bertz CT molecular complexity index is 1060. The molecule has 0 aliphatic heterocycles. The number of sulfone groups is 1. The van der Waals surface area contributed by atoms with Crippen molar-refractivity contribution < 1.29 is 13.2 Å². The highest BCUT2D eigenvalue weighted by Gasteiger charge is 2.16. The monoisotopic (exact) mass is 413 g/mol. The van der Waals surface area contributed by atoms with Crippen molar-refractivity contribution in [2.75, 3.05) is 0 Å². The molecule has 4 nitrogen and oxygen atoms in total. The maximum atomic E-state index is 12.5. The van der Waals surface area contributed by atoms with E-state index in [-0.39, 0.29) is 22.6 Å². The number of amides is 1. The smallest absolute Gasteiger partial charge is 0.251 e. The van der Waals surface area contributed by atoms with Gasteiger partial charge in [-0.05, 0) is 48.4 Å². The summed E-state index contributed by atoms with van der Waals surface area (Å²) >= 11 is 6.17. The van der Waals surface area contributed by atoms with Crippen molar-refractivity contribution in [2.45, 2.75) is 23.6 Å². The van der Waals surface area contributed by atoms with Crippen molar-refractivity contribution >= 4 is 27.3 Å². The zero-order chi connectivity index (χ0) is 20.1. The predicted octanol–water partition coefficient (Wildman–Crippen LogP) is 4.80. The number of halogens is 1. The Labute approximate surface area is 170 Å². The van der Waals surface area contributed by atoms with Gasteiger partial charge in [-0.25, -0.2) is 8.42 Å². The van der Waals surface area contributed by atoms with Crippen molar-refractivity contribution in [3.05, 3.63) is 101 Å². The SMILES string of the molecule is CC(NC(=O)c1ccc(CS(=O)(=O)c2ccccc2)cc1)c1ccccc1Cl. The summed E-state index contributed by atoms with van der Waals surface area (Å²) in [5, 5.41) is 3.50. The predicted molar refractivity (Wildman–Crippen MR) is 111 cm³/mol. The molecule has 6 heteroatoms.